The van der Waals surface area contributed by atoms with Gasteiger partial charge in [0.15, 0.2) is 0 Å². The third kappa shape index (κ3) is 3.59. The van der Waals surface area contributed by atoms with E-state index >= 15 is 0 Å². The summed E-state index contributed by atoms with van der Waals surface area (Å²) in [5.41, 5.74) is 0.943. The number of amides is 1. The molecule has 0 saturated carbocycles. The SMILES string of the molecule is COc1cc(CCC(=O)N2CCO[C@@H](c3nc(C)cn3C)C2)on1. The van der Waals surface area contributed by atoms with E-state index in [1.165, 1.54) is 7.11 Å². The third-order valence-corrected chi connectivity index (χ3v) is 4.07. The lowest BCUT2D eigenvalue weighted by molar-refractivity contribution is -0.139. The Morgan fingerprint density at radius 1 is 1.50 bits per heavy atom. The summed E-state index contributed by atoms with van der Waals surface area (Å²) < 4.78 is 17.8. The molecule has 1 fully saturated rings. The average Bonchev–Trinajstić information content (AvgIpc) is 3.18. The van der Waals surface area contributed by atoms with E-state index in [-0.39, 0.29) is 12.0 Å². The lowest BCUT2D eigenvalue weighted by atomic mass is 10.2. The van der Waals surface area contributed by atoms with E-state index in [1.807, 2.05) is 29.6 Å². The molecule has 130 valence electrons. The fourth-order valence-corrected chi connectivity index (χ4v) is 2.86. The highest BCUT2D eigenvalue weighted by atomic mass is 16.5. The third-order valence-electron chi connectivity index (χ3n) is 4.07. The minimum atomic E-state index is -0.188. The summed E-state index contributed by atoms with van der Waals surface area (Å²) in [6, 6.07) is 1.70. The minimum absolute atomic E-state index is 0.0737. The van der Waals surface area contributed by atoms with Gasteiger partial charge in [0, 0.05) is 38.7 Å². The molecule has 0 bridgehead atoms. The Labute approximate surface area is 140 Å². The number of ether oxygens (including phenoxy) is 2. The summed E-state index contributed by atoms with van der Waals surface area (Å²) in [5, 5.41) is 3.74. The van der Waals surface area contributed by atoms with Gasteiger partial charge in [0.1, 0.15) is 17.7 Å². The van der Waals surface area contributed by atoms with Crippen LogP contribution in [0.5, 0.6) is 5.88 Å². The van der Waals surface area contributed by atoms with E-state index in [1.54, 1.807) is 6.07 Å². The Morgan fingerprint density at radius 2 is 2.33 bits per heavy atom. The van der Waals surface area contributed by atoms with Gasteiger partial charge in [-0.2, -0.15) is 0 Å². The molecule has 2 aromatic rings. The molecule has 1 aliphatic heterocycles. The van der Waals surface area contributed by atoms with E-state index in [2.05, 4.69) is 10.1 Å². The number of morpholine rings is 1. The van der Waals surface area contributed by atoms with Gasteiger partial charge in [0.05, 0.1) is 26.0 Å². The van der Waals surface area contributed by atoms with Crippen LogP contribution >= 0.6 is 0 Å². The van der Waals surface area contributed by atoms with Gasteiger partial charge < -0.3 is 23.5 Å². The molecule has 8 heteroatoms. The molecule has 0 aromatic carbocycles. The van der Waals surface area contributed by atoms with Crippen molar-refractivity contribution in [1.82, 2.24) is 19.6 Å². The summed E-state index contributed by atoms with van der Waals surface area (Å²) in [6.07, 6.45) is 2.63. The zero-order chi connectivity index (χ0) is 17.1. The van der Waals surface area contributed by atoms with Crippen molar-refractivity contribution in [3.8, 4) is 5.88 Å². The van der Waals surface area contributed by atoms with Crippen LogP contribution in [0.15, 0.2) is 16.8 Å². The Morgan fingerprint density at radius 3 is 3.00 bits per heavy atom. The largest absolute Gasteiger partial charge is 0.479 e. The smallest absolute Gasteiger partial charge is 0.254 e. The maximum absolute atomic E-state index is 12.5. The quantitative estimate of drug-likeness (QED) is 0.818. The Bertz CT molecular complexity index is 709. The zero-order valence-electron chi connectivity index (χ0n) is 14.2. The number of hydrogen-bond donors (Lipinski definition) is 0. The minimum Gasteiger partial charge on any atom is -0.479 e. The molecule has 1 aliphatic rings. The lowest BCUT2D eigenvalue weighted by Gasteiger charge is -2.32. The van der Waals surface area contributed by atoms with Crippen molar-refractivity contribution in [3.63, 3.8) is 0 Å². The molecule has 2 aromatic heterocycles. The molecule has 1 atom stereocenters. The van der Waals surface area contributed by atoms with Crippen LogP contribution in [0.25, 0.3) is 0 Å². The highest BCUT2D eigenvalue weighted by Gasteiger charge is 2.28. The van der Waals surface area contributed by atoms with Gasteiger partial charge in [-0.25, -0.2) is 4.98 Å². The van der Waals surface area contributed by atoms with Crippen LogP contribution < -0.4 is 4.74 Å². The molecule has 3 rings (SSSR count). The Hall–Kier alpha value is -2.35. The number of carbonyl (C=O) groups is 1. The van der Waals surface area contributed by atoms with E-state index in [0.29, 0.717) is 44.2 Å². The first kappa shape index (κ1) is 16.5. The van der Waals surface area contributed by atoms with Crippen molar-refractivity contribution in [3.05, 3.63) is 29.5 Å². The fourth-order valence-electron chi connectivity index (χ4n) is 2.86. The maximum atomic E-state index is 12.5. The average molecular weight is 334 g/mol. The van der Waals surface area contributed by atoms with Crippen molar-refractivity contribution < 1.29 is 18.8 Å². The number of hydrogen-bond acceptors (Lipinski definition) is 6. The molecule has 0 unspecified atom stereocenters. The Kier molecular flexibility index (Phi) is 4.84. The van der Waals surface area contributed by atoms with Crippen molar-refractivity contribution in [2.24, 2.45) is 7.05 Å². The molecule has 1 amide bonds. The van der Waals surface area contributed by atoms with Gasteiger partial charge in [-0.05, 0) is 12.1 Å². The van der Waals surface area contributed by atoms with Crippen molar-refractivity contribution >= 4 is 5.91 Å². The summed E-state index contributed by atoms with van der Waals surface area (Å²) in [7, 11) is 3.47. The number of nitrogens with zero attached hydrogens (tertiary/aromatic N) is 4. The highest BCUT2D eigenvalue weighted by Crippen LogP contribution is 2.22. The molecule has 8 nitrogen and oxygen atoms in total. The number of aromatic nitrogens is 3. The summed E-state index contributed by atoms with van der Waals surface area (Å²) >= 11 is 0. The first-order chi connectivity index (χ1) is 11.6. The Balaban J connectivity index is 1.57. The van der Waals surface area contributed by atoms with Crippen LogP contribution in [0.2, 0.25) is 0 Å². The van der Waals surface area contributed by atoms with Crippen LogP contribution in [0.1, 0.15) is 29.8 Å². The number of carbonyl (C=O) groups excluding carboxylic acids is 1. The molecule has 24 heavy (non-hydrogen) atoms. The van der Waals surface area contributed by atoms with Gasteiger partial charge in [0.2, 0.25) is 5.91 Å². The van der Waals surface area contributed by atoms with Crippen LogP contribution in [0.3, 0.4) is 0 Å². The predicted octanol–water partition coefficient (Wildman–Crippen LogP) is 1.26. The lowest BCUT2D eigenvalue weighted by Crippen LogP contribution is -2.42. The van der Waals surface area contributed by atoms with Crippen LogP contribution in [0, 0.1) is 6.92 Å². The molecule has 3 heterocycles. The predicted molar refractivity (Wildman–Crippen MR) is 84.6 cm³/mol. The summed E-state index contributed by atoms with van der Waals surface area (Å²) in [6.45, 7) is 3.57. The summed E-state index contributed by atoms with van der Waals surface area (Å²) in [4.78, 5) is 18.8. The first-order valence-electron chi connectivity index (χ1n) is 7.95. The standard InChI is InChI=1S/C16H22N4O4/c1-11-9-19(2)16(17-11)13-10-20(6-7-23-13)15(21)5-4-12-8-14(22-3)18-24-12/h8-9,13H,4-7,10H2,1-3H3/t13-/m1/s1. The molecular formula is C16H22N4O4. The number of rotatable bonds is 5. The normalized spacial score (nSPS) is 18.0. The first-order valence-corrected chi connectivity index (χ1v) is 7.95. The van der Waals surface area contributed by atoms with Crippen molar-refractivity contribution in [1.29, 1.82) is 0 Å². The van der Waals surface area contributed by atoms with Crippen LogP contribution in [-0.4, -0.2) is 52.3 Å². The van der Waals surface area contributed by atoms with Gasteiger partial charge in [-0.3, -0.25) is 4.79 Å². The molecule has 0 N–H and O–H groups in total. The van der Waals surface area contributed by atoms with Gasteiger partial charge in [0.25, 0.3) is 5.88 Å². The second kappa shape index (κ2) is 7.04. The molecule has 0 spiro atoms. The number of imidazole rings is 1. The monoisotopic (exact) mass is 334 g/mol. The van der Waals surface area contributed by atoms with E-state index in [9.17, 15) is 4.79 Å². The molecular weight excluding hydrogens is 312 g/mol. The molecule has 0 radical (unpaired) electrons. The zero-order valence-corrected chi connectivity index (χ0v) is 14.2. The van der Waals surface area contributed by atoms with Crippen molar-refractivity contribution in [2.75, 3.05) is 26.8 Å². The van der Waals surface area contributed by atoms with E-state index in [4.69, 9.17) is 14.0 Å². The maximum Gasteiger partial charge on any atom is 0.254 e. The van der Waals surface area contributed by atoms with Gasteiger partial charge in [-0.1, -0.05) is 0 Å². The topological polar surface area (TPSA) is 82.6 Å². The van der Waals surface area contributed by atoms with Crippen LogP contribution in [-0.2, 0) is 23.0 Å². The molecule has 0 aliphatic carbocycles. The highest BCUT2D eigenvalue weighted by molar-refractivity contribution is 5.76. The second-order valence-corrected chi connectivity index (χ2v) is 5.89. The van der Waals surface area contributed by atoms with Gasteiger partial charge >= 0.3 is 0 Å². The number of methoxy groups -OCH3 is 1. The van der Waals surface area contributed by atoms with Crippen molar-refractivity contribution in [2.45, 2.75) is 25.9 Å². The van der Waals surface area contributed by atoms with E-state index < -0.39 is 0 Å². The van der Waals surface area contributed by atoms with Gasteiger partial charge in [-0.15, -0.1) is 0 Å². The number of aryl methyl sites for hydroxylation is 3. The second-order valence-electron chi connectivity index (χ2n) is 5.89. The van der Waals surface area contributed by atoms with Crippen LogP contribution in [0.4, 0.5) is 0 Å². The fraction of sp³-hybridized carbons (Fsp3) is 0.562. The van der Waals surface area contributed by atoms with E-state index in [0.717, 1.165) is 11.5 Å². The summed E-state index contributed by atoms with van der Waals surface area (Å²) in [5.74, 6) is 1.99. The molecule has 1 saturated heterocycles.